The van der Waals surface area contributed by atoms with Crippen molar-refractivity contribution in [3.63, 3.8) is 0 Å². The predicted octanol–water partition coefficient (Wildman–Crippen LogP) is 3.90. The maximum atomic E-state index is 12.7. The van der Waals surface area contributed by atoms with Gasteiger partial charge in [0.15, 0.2) is 0 Å². The number of amides is 1. The van der Waals surface area contributed by atoms with E-state index in [9.17, 15) is 13.2 Å². The molecule has 1 aromatic carbocycles. The van der Waals surface area contributed by atoms with Crippen LogP contribution in [0, 0.1) is 11.8 Å². The summed E-state index contributed by atoms with van der Waals surface area (Å²) >= 11 is 0. The fourth-order valence-corrected chi connectivity index (χ4v) is 3.52. The summed E-state index contributed by atoms with van der Waals surface area (Å²) in [6.45, 7) is 16.1. The smallest absolute Gasteiger partial charge is 0.308 e. The van der Waals surface area contributed by atoms with Crippen LogP contribution in [0.15, 0.2) is 18.2 Å². The van der Waals surface area contributed by atoms with E-state index >= 15 is 0 Å². The van der Waals surface area contributed by atoms with Gasteiger partial charge < -0.3 is 14.0 Å². The Morgan fingerprint density at radius 3 is 2.14 bits per heavy atom. The molecular weight excluding hydrogens is 376 g/mol. The minimum Gasteiger partial charge on any atom is -0.382 e. The summed E-state index contributed by atoms with van der Waals surface area (Å²) in [6, 6.07) is 5.60. The highest BCUT2D eigenvalue weighted by molar-refractivity contribution is 7.87. The first-order chi connectivity index (χ1) is 13.0. The lowest BCUT2D eigenvalue weighted by Gasteiger charge is -2.28. The molecule has 1 amide bonds. The van der Waals surface area contributed by atoms with Crippen LogP contribution in [0.2, 0.25) is 0 Å². The highest BCUT2D eigenvalue weighted by Gasteiger charge is 2.22. The van der Waals surface area contributed by atoms with Gasteiger partial charge in [-0.05, 0) is 32.8 Å². The average Bonchev–Trinajstić information content (AvgIpc) is 2.62. The van der Waals surface area contributed by atoms with Gasteiger partial charge in [0.05, 0.1) is 5.75 Å². The third-order valence-corrected chi connectivity index (χ3v) is 5.64. The summed E-state index contributed by atoms with van der Waals surface area (Å²) in [5.41, 5.74) is 1.60. The third-order valence-electron chi connectivity index (χ3n) is 4.50. The van der Waals surface area contributed by atoms with Gasteiger partial charge in [-0.1, -0.05) is 33.8 Å². The van der Waals surface area contributed by atoms with Crippen molar-refractivity contribution in [1.82, 2.24) is 4.90 Å². The number of carbonyl (C=O) groups is 1. The minimum absolute atomic E-state index is 0.0471. The van der Waals surface area contributed by atoms with Crippen LogP contribution in [0.1, 0.15) is 54.0 Å². The van der Waals surface area contributed by atoms with Crippen molar-refractivity contribution in [2.75, 3.05) is 30.3 Å². The number of rotatable bonds is 11. The molecule has 160 valence electrons. The fraction of sp³-hybridized carbons (Fsp3) is 0.667. The molecule has 0 saturated heterocycles. The van der Waals surface area contributed by atoms with Crippen LogP contribution in [-0.2, 0) is 21.5 Å². The zero-order valence-electron chi connectivity index (χ0n) is 18.4. The first-order valence-corrected chi connectivity index (χ1v) is 11.7. The van der Waals surface area contributed by atoms with Gasteiger partial charge in [-0.3, -0.25) is 4.79 Å². The molecule has 0 aliphatic heterocycles. The summed E-state index contributed by atoms with van der Waals surface area (Å²) < 4.78 is 29.7. The molecule has 0 heterocycles. The third kappa shape index (κ3) is 7.00. The van der Waals surface area contributed by atoms with E-state index in [1.165, 1.54) is 0 Å². The lowest BCUT2D eigenvalue weighted by Crippen LogP contribution is -2.36. The molecule has 0 aliphatic carbocycles. The van der Waals surface area contributed by atoms with Crippen LogP contribution in [-0.4, -0.2) is 44.6 Å². The maximum Gasteiger partial charge on any atom is 0.308 e. The van der Waals surface area contributed by atoms with E-state index in [-0.39, 0.29) is 17.6 Å². The van der Waals surface area contributed by atoms with E-state index in [4.69, 9.17) is 4.18 Å². The van der Waals surface area contributed by atoms with Crippen LogP contribution in [0.5, 0.6) is 5.75 Å². The standard InChI is InChI=1S/C21H36N2O4S/c1-8-22(9-2)19-12-11-18(20(13-19)27-28(25,26)10-3)15-23(14-16(4)5)21(24)17(6)7/h11-13,16-17H,8-10,14-15H2,1-7H3. The maximum absolute atomic E-state index is 12.7. The topological polar surface area (TPSA) is 66.9 Å². The Balaban J connectivity index is 3.35. The molecule has 6 nitrogen and oxygen atoms in total. The molecule has 1 rings (SSSR count). The number of hydrogen-bond donors (Lipinski definition) is 0. The molecule has 1 aromatic rings. The number of nitrogens with zero attached hydrogens (tertiary/aromatic N) is 2. The van der Waals surface area contributed by atoms with Crippen LogP contribution < -0.4 is 9.08 Å². The Kier molecular flexibility index (Phi) is 9.27. The van der Waals surface area contributed by atoms with Crippen molar-refractivity contribution in [3.8, 4) is 5.75 Å². The van der Waals surface area contributed by atoms with E-state index in [1.807, 2.05) is 39.8 Å². The molecular formula is C21H36N2O4S. The van der Waals surface area contributed by atoms with E-state index in [0.29, 0.717) is 30.3 Å². The van der Waals surface area contributed by atoms with Gasteiger partial charge in [-0.15, -0.1) is 0 Å². The van der Waals surface area contributed by atoms with Crippen molar-refractivity contribution in [2.45, 2.75) is 55.0 Å². The van der Waals surface area contributed by atoms with Gasteiger partial charge in [0, 0.05) is 49.4 Å². The average molecular weight is 413 g/mol. The monoisotopic (exact) mass is 412 g/mol. The van der Waals surface area contributed by atoms with E-state index in [1.54, 1.807) is 17.9 Å². The Labute approximate surface area is 171 Å². The van der Waals surface area contributed by atoms with Crippen molar-refractivity contribution in [2.24, 2.45) is 11.8 Å². The van der Waals surface area contributed by atoms with Crippen LogP contribution in [0.3, 0.4) is 0 Å². The Bertz CT molecular complexity index is 741. The van der Waals surface area contributed by atoms with Crippen molar-refractivity contribution in [3.05, 3.63) is 23.8 Å². The van der Waals surface area contributed by atoms with Crippen molar-refractivity contribution in [1.29, 1.82) is 0 Å². The molecule has 0 aromatic heterocycles. The van der Waals surface area contributed by atoms with Crippen LogP contribution in [0.25, 0.3) is 0 Å². The zero-order valence-corrected chi connectivity index (χ0v) is 19.2. The number of carbonyl (C=O) groups excluding carboxylic acids is 1. The van der Waals surface area contributed by atoms with Crippen LogP contribution in [0.4, 0.5) is 5.69 Å². The quantitative estimate of drug-likeness (QED) is 0.516. The van der Waals surface area contributed by atoms with E-state index < -0.39 is 10.1 Å². The highest BCUT2D eigenvalue weighted by Crippen LogP contribution is 2.29. The normalized spacial score (nSPS) is 11.8. The minimum atomic E-state index is -3.67. The summed E-state index contributed by atoms with van der Waals surface area (Å²) in [5, 5.41) is 0. The Hall–Kier alpha value is -1.76. The highest BCUT2D eigenvalue weighted by atomic mass is 32.2. The Morgan fingerprint density at radius 2 is 1.68 bits per heavy atom. The molecule has 0 unspecified atom stereocenters. The van der Waals surface area contributed by atoms with Gasteiger partial charge >= 0.3 is 10.1 Å². The second-order valence-corrected chi connectivity index (χ2v) is 9.52. The molecule has 0 fully saturated rings. The SMILES string of the molecule is CCN(CC)c1ccc(CN(CC(C)C)C(=O)C(C)C)c(OS(=O)(=O)CC)c1. The summed E-state index contributed by atoms with van der Waals surface area (Å²) in [5.74, 6) is 0.420. The predicted molar refractivity (Wildman–Crippen MR) is 115 cm³/mol. The molecule has 0 radical (unpaired) electrons. The van der Waals surface area contributed by atoms with Crippen LogP contribution >= 0.6 is 0 Å². The van der Waals surface area contributed by atoms with Gasteiger partial charge in [-0.2, -0.15) is 8.42 Å². The first kappa shape index (κ1) is 24.3. The molecule has 28 heavy (non-hydrogen) atoms. The summed E-state index contributed by atoms with van der Waals surface area (Å²) in [6.07, 6.45) is 0. The van der Waals surface area contributed by atoms with Crippen molar-refractivity contribution < 1.29 is 17.4 Å². The molecule has 0 saturated carbocycles. The number of anilines is 1. The summed E-state index contributed by atoms with van der Waals surface area (Å²) in [7, 11) is -3.67. The molecule has 0 bridgehead atoms. The zero-order chi connectivity index (χ0) is 21.5. The summed E-state index contributed by atoms with van der Waals surface area (Å²) in [4.78, 5) is 16.6. The largest absolute Gasteiger partial charge is 0.382 e. The molecule has 0 spiro atoms. The van der Waals surface area contributed by atoms with E-state index in [2.05, 4.69) is 18.7 Å². The van der Waals surface area contributed by atoms with Gasteiger partial charge in [-0.25, -0.2) is 0 Å². The van der Waals surface area contributed by atoms with Gasteiger partial charge in [0.25, 0.3) is 0 Å². The molecule has 0 N–H and O–H groups in total. The molecule has 7 heteroatoms. The molecule has 0 atom stereocenters. The first-order valence-electron chi connectivity index (χ1n) is 10.1. The lowest BCUT2D eigenvalue weighted by molar-refractivity contribution is -0.135. The van der Waals surface area contributed by atoms with Gasteiger partial charge in [0.2, 0.25) is 5.91 Å². The van der Waals surface area contributed by atoms with Gasteiger partial charge in [0.1, 0.15) is 5.75 Å². The number of benzene rings is 1. The second-order valence-electron chi connectivity index (χ2n) is 7.66. The van der Waals surface area contributed by atoms with E-state index in [0.717, 1.165) is 18.8 Å². The lowest BCUT2D eigenvalue weighted by atomic mass is 10.1. The molecule has 0 aliphatic rings. The second kappa shape index (κ2) is 10.7. The van der Waals surface area contributed by atoms with Crippen molar-refractivity contribution >= 4 is 21.7 Å². The Morgan fingerprint density at radius 1 is 1.07 bits per heavy atom. The number of hydrogen-bond acceptors (Lipinski definition) is 5. The fourth-order valence-electron chi connectivity index (χ4n) is 2.98.